The highest BCUT2D eigenvalue weighted by atomic mass is 79.9. The Morgan fingerprint density at radius 3 is 2.64 bits per heavy atom. The van der Waals surface area contributed by atoms with Crippen molar-refractivity contribution in [2.24, 2.45) is 0 Å². The molecule has 1 heterocycles. The van der Waals surface area contributed by atoms with Gasteiger partial charge in [0.05, 0.1) is 22.6 Å². The topological polar surface area (TPSA) is 108 Å². The van der Waals surface area contributed by atoms with Crippen LogP contribution in [0, 0.1) is 10.1 Å². The molecule has 0 radical (unpaired) electrons. The van der Waals surface area contributed by atoms with E-state index >= 15 is 0 Å². The number of carbonyl (C=O) groups is 2. The van der Waals surface area contributed by atoms with Gasteiger partial charge in [-0.1, -0.05) is 32.0 Å². The van der Waals surface area contributed by atoms with Gasteiger partial charge in [0.1, 0.15) is 16.3 Å². The van der Waals surface area contributed by atoms with Crippen LogP contribution in [0.4, 0.5) is 10.7 Å². The van der Waals surface area contributed by atoms with Gasteiger partial charge in [-0.05, 0) is 58.5 Å². The van der Waals surface area contributed by atoms with E-state index in [0.29, 0.717) is 40.8 Å². The third-order valence-electron chi connectivity index (χ3n) is 5.32. The molecule has 0 bridgehead atoms. The minimum absolute atomic E-state index is 0.0930. The van der Waals surface area contributed by atoms with E-state index < -0.39 is 10.9 Å². The van der Waals surface area contributed by atoms with Gasteiger partial charge in [0.25, 0.3) is 5.69 Å². The summed E-state index contributed by atoms with van der Waals surface area (Å²) in [6.45, 7) is 6.43. The molecule has 0 fully saturated rings. The van der Waals surface area contributed by atoms with Gasteiger partial charge in [0, 0.05) is 29.5 Å². The van der Waals surface area contributed by atoms with Crippen molar-refractivity contribution in [2.75, 3.05) is 18.5 Å². The molecule has 0 atom stereocenters. The minimum Gasteiger partial charge on any atom is -0.492 e. The second kappa shape index (κ2) is 12.6. The number of benzene rings is 2. The van der Waals surface area contributed by atoms with Gasteiger partial charge in [-0.25, -0.2) is 4.79 Å². The van der Waals surface area contributed by atoms with Crippen molar-refractivity contribution >= 4 is 49.8 Å². The second-order valence-corrected chi connectivity index (χ2v) is 9.96. The summed E-state index contributed by atoms with van der Waals surface area (Å²) in [5.41, 5.74) is 2.25. The molecule has 0 unspecified atom stereocenters. The van der Waals surface area contributed by atoms with Gasteiger partial charge in [-0.2, -0.15) is 0 Å². The van der Waals surface area contributed by atoms with Gasteiger partial charge in [0.15, 0.2) is 0 Å². The number of non-ortho nitro benzene ring substituents is 1. The lowest BCUT2D eigenvalue weighted by atomic mass is 10.0. The quantitative estimate of drug-likeness (QED) is 0.112. The van der Waals surface area contributed by atoms with Crippen LogP contribution in [0.25, 0.3) is 11.1 Å². The molecule has 3 rings (SSSR count). The summed E-state index contributed by atoms with van der Waals surface area (Å²) in [6.07, 6.45) is 0.663. The van der Waals surface area contributed by atoms with Crippen LogP contribution in [-0.2, 0) is 9.53 Å². The minimum atomic E-state index is -0.603. The smallest absolute Gasteiger partial charge is 0.341 e. The normalized spacial score (nSPS) is 10.8. The lowest BCUT2D eigenvalue weighted by molar-refractivity contribution is -0.384. The first-order valence-electron chi connectivity index (χ1n) is 11.5. The Hall–Kier alpha value is -3.24. The molecule has 36 heavy (non-hydrogen) atoms. The van der Waals surface area contributed by atoms with Crippen molar-refractivity contribution < 1.29 is 24.0 Å². The summed E-state index contributed by atoms with van der Waals surface area (Å²) >= 11 is 4.69. The zero-order chi connectivity index (χ0) is 26.2. The number of hydrogen-bond acceptors (Lipinski definition) is 7. The molecular formula is C26H27BrN2O6S. The maximum atomic E-state index is 12.7. The van der Waals surface area contributed by atoms with Crippen LogP contribution in [0.1, 0.15) is 55.5 Å². The molecule has 1 N–H and O–H groups in total. The molecule has 10 heteroatoms. The summed E-state index contributed by atoms with van der Waals surface area (Å²) in [5.74, 6) is 0.247. The zero-order valence-electron chi connectivity index (χ0n) is 20.2. The number of nitrogens with zero attached hydrogens (tertiary/aromatic N) is 1. The fourth-order valence-corrected chi connectivity index (χ4v) is 4.94. The predicted octanol–water partition coefficient (Wildman–Crippen LogP) is 7.18. The average molecular weight is 575 g/mol. The number of ether oxygens (including phenoxy) is 2. The zero-order valence-corrected chi connectivity index (χ0v) is 22.6. The average Bonchev–Trinajstić information content (AvgIpc) is 3.26. The van der Waals surface area contributed by atoms with Gasteiger partial charge >= 0.3 is 5.97 Å². The van der Waals surface area contributed by atoms with Gasteiger partial charge < -0.3 is 14.8 Å². The molecule has 3 aromatic rings. The van der Waals surface area contributed by atoms with E-state index in [1.807, 2.05) is 18.2 Å². The van der Waals surface area contributed by atoms with E-state index in [9.17, 15) is 19.7 Å². The fraction of sp³-hybridized carbons (Fsp3) is 0.308. The summed E-state index contributed by atoms with van der Waals surface area (Å²) < 4.78 is 11.9. The number of nitrogens with one attached hydrogen (secondary N) is 1. The highest BCUT2D eigenvalue weighted by molar-refractivity contribution is 9.10. The first-order valence-corrected chi connectivity index (χ1v) is 13.1. The monoisotopic (exact) mass is 574 g/mol. The summed E-state index contributed by atoms with van der Waals surface area (Å²) in [7, 11) is 0. The van der Waals surface area contributed by atoms with E-state index in [-0.39, 0.29) is 30.2 Å². The van der Waals surface area contributed by atoms with E-state index in [2.05, 4.69) is 35.1 Å². The number of amides is 1. The van der Waals surface area contributed by atoms with Crippen molar-refractivity contribution in [1.29, 1.82) is 0 Å². The lowest BCUT2D eigenvalue weighted by Crippen LogP contribution is -2.15. The van der Waals surface area contributed by atoms with E-state index in [4.69, 9.17) is 9.47 Å². The molecule has 0 aliphatic heterocycles. The van der Waals surface area contributed by atoms with E-state index in [1.165, 1.54) is 29.0 Å². The van der Waals surface area contributed by atoms with E-state index in [0.717, 1.165) is 4.47 Å². The molecule has 0 aliphatic carbocycles. The van der Waals surface area contributed by atoms with Crippen LogP contribution in [-0.4, -0.2) is 30.0 Å². The van der Waals surface area contributed by atoms with Crippen LogP contribution in [0.3, 0.4) is 0 Å². The van der Waals surface area contributed by atoms with Crippen LogP contribution in [0.15, 0.2) is 52.3 Å². The SMILES string of the molecule is CCOC(=O)c1c(-c2cccc([N+](=O)[O-])c2)csc1NC(=O)CCCOc1ccc(C(C)C)cc1Br. The fourth-order valence-electron chi connectivity index (χ4n) is 3.45. The maximum absolute atomic E-state index is 12.7. The summed E-state index contributed by atoms with van der Waals surface area (Å²) in [4.78, 5) is 36.0. The first kappa shape index (κ1) is 27.3. The molecule has 8 nitrogen and oxygen atoms in total. The number of thiophene rings is 1. The second-order valence-electron chi connectivity index (χ2n) is 8.23. The maximum Gasteiger partial charge on any atom is 0.341 e. The molecule has 0 spiro atoms. The number of rotatable bonds is 11. The molecular weight excluding hydrogens is 548 g/mol. The number of esters is 1. The predicted molar refractivity (Wildman–Crippen MR) is 144 cm³/mol. The molecule has 0 saturated carbocycles. The summed E-state index contributed by atoms with van der Waals surface area (Å²) in [6, 6.07) is 11.9. The Morgan fingerprint density at radius 2 is 1.97 bits per heavy atom. The highest BCUT2D eigenvalue weighted by Gasteiger charge is 2.23. The molecule has 0 aliphatic rings. The van der Waals surface area contributed by atoms with Crippen molar-refractivity contribution in [2.45, 2.75) is 39.5 Å². The lowest BCUT2D eigenvalue weighted by Gasteiger charge is -2.12. The van der Waals surface area contributed by atoms with Crippen LogP contribution in [0.5, 0.6) is 5.75 Å². The Balaban J connectivity index is 1.67. The Bertz CT molecular complexity index is 1260. The van der Waals surface area contributed by atoms with Crippen molar-refractivity contribution in [1.82, 2.24) is 0 Å². The summed E-state index contributed by atoms with van der Waals surface area (Å²) in [5, 5.41) is 16.0. The number of nitro benzene ring substituents is 1. The van der Waals surface area contributed by atoms with Crippen LogP contribution in [0.2, 0.25) is 0 Å². The van der Waals surface area contributed by atoms with Crippen molar-refractivity contribution in [3.8, 4) is 16.9 Å². The largest absolute Gasteiger partial charge is 0.492 e. The van der Waals surface area contributed by atoms with Crippen LogP contribution >= 0.6 is 27.3 Å². The third kappa shape index (κ3) is 6.92. The number of hydrogen-bond donors (Lipinski definition) is 1. The Kier molecular flexibility index (Phi) is 9.60. The number of nitro groups is 1. The van der Waals surface area contributed by atoms with Gasteiger partial charge in [0.2, 0.25) is 5.91 Å². The molecule has 1 amide bonds. The van der Waals surface area contributed by atoms with Crippen LogP contribution < -0.4 is 10.1 Å². The first-order chi connectivity index (χ1) is 17.2. The van der Waals surface area contributed by atoms with Gasteiger partial charge in [-0.15, -0.1) is 11.3 Å². The highest BCUT2D eigenvalue weighted by Crippen LogP contribution is 2.37. The third-order valence-corrected chi connectivity index (χ3v) is 6.84. The van der Waals surface area contributed by atoms with E-state index in [1.54, 1.807) is 24.4 Å². The Labute approximate surface area is 221 Å². The number of halogens is 1. The molecule has 0 saturated heterocycles. The number of anilines is 1. The molecule has 1 aromatic heterocycles. The van der Waals surface area contributed by atoms with Crippen molar-refractivity contribution in [3.63, 3.8) is 0 Å². The number of carbonyl (C=O) groups excluding carboxylic acids is 2. The van der Waals surface area contributed by atoms with Crippen molar-refractivity contribution in [3.05, 3.63) is 73.6 Å². The Morgan fingerprint density at radius 1 is 1.19 bits per heavy atom. The van der Waals surface area contributed by atoms with Gasteiger partial charge in [-0.3, -0.25) is 14.9 Å². The molecule has 190 valence electrons. The standard InChI is InChI=1S/C26H27BrN2O6S/c1-4-34-26(31)24-20(18-7-5-8-19(13-18)29(32)33)15-36-25(24)28-23(30)9-6-12-35-22-11-10-17(16(2)3)14-21(22)27/h5,7-8,10-11,13-16H,4,6,9,12H2,1-3H3,(H,28,30). The molecule has 2 aromatic carbocycles.